The highest BCUT2D eigenvalue weighted by atomic mass is 16.3. The number of nitrogens with zero attached hydrogens (tertiary/aromatic N) is 1. The summed E-state index contributed by atoms with van der Waals surface area (Å²) in [7, 11) is 0. The molecule has 0 spiro atoms. The van der Waals surface area contributed by atoms with Crippen molar-refractivity contribution < 1.29 is 5.11 Å². The molecule has 0 aliphatic heterocycles. The van der Waals surface area contributed by atoms with E-state index in [9.17, 15) is 0 Å². The molecule has 2 rings (SSSR count). The highest BCUT2D eigenvalue weighted by Gasteiger charge is 1.97. The van der Waals surface area contributed by atoms with Gasteiger partial charge in [0.05, 0.1) is 0 Å². The lowest BCUT2D eigenvalue weighted by Crippen LogP contribution is -2.01. The molecule has 1 heterocycles. The number of anilines is 1. The maximum Gasteiger partial charge on any atom is 0.115 e. The van der Waals surface area contributed by atoms with Gasteiger partial charge in [0.25, 0.3) is 0 Å². The third-order valence-electron chi connectivity index (χ3n) is 2.50. The van der Waals surface area contributed by atoms with E-state index in [1.54, 1.807) is 18.3 Å². The third-order valence-corrected chi connectivity index (χ3v) is 2.50. The van der Waals surface area contributed by atoms with Crippen LogP contribution in [-0.2, 0) is 6.54 Å². The molecule has 0 fully saturated rings. The van der Waals surface area contributed by atoms with Crippen molar-refractivity contribution in [3.8, 4) is 5.75 Å². The predicted molar refractivity (Wildman–Crippen MR) is 64.4 cm³/mol. The molecule has 0 atom stereocenters. The highest BCUT2D eigenvalue weighted by Crippen LogP contribution is 2.15. The number of benzene rings is 1. The molecule has 16 heavy (non-hydrogen) atoms. The number of aromatic hydroxyl groups is 1. The number of phenolic OH excluding ortho intramolecular Hbond substituents is 1. The first-order chi connectivity index (χ1) is 7.75. The van der Waals surface area contributed by atoms with Crippen LogP contribution in [0.2, 0.25) is 0 Å². The first-order valence-corrected chi connectivity index (χ1v) is 5.18. The van der Waals surface area contributed by atoms with E-state index in [1.165, 1.54) is 11.1 Å². The second-order valence-corrected chi connectivity index (χ2v) is 3.70. The number of pyridine rings is 1. The molecule has 0 unspecified atom stereocenters. The van der Waals surface area contributed by atoms with Gasteiger partial charge in [-0.1, -0.05) is 0 Å². The molecule has 2 aromatic rings. The molecular formula is C13H14N2O. The molecule has 0 amide bonds. The summed E-state index contributed by atoms with van der Waals surface area (Å²) < 4.78 is 0. The van der Waals surface area contributed by atoms with E-state index in [0.717, 1.165) is 12.2 Å². The van der Waals surface area contributed by atoms with Crippen LogP contribution in [0, 0.1) is 6.92 Å². The standard InChI is InChI=1S/C13H14N2O/c1-10-6-7-14-8-11(10)9-15-12-2-4-13(16)5-3-12/h2-8,15-16H,9H2,1H3. The summed E-state index contributed by atoms with van der Waals surface area (Å²) in [6, 6.07) is 9.02. The lowest BCUT2D eigenvalue weighted by molar-refractivity contribution is 0.475. The van der Waals surface area contributed by atoms with E-state index >= 15 is 0 Å². The van der Waals surface area contributed by atoms with Crippen molar-refractivity contribution in [2.45, 2.75) is 13.5 Å². The Bertz CT molecular complexity index is 466. The largest absolute Gasteiger partial charge is 0.508 e. The summed E-state index contributed by atoms with van der Waals surface area (Å²) in [5.74, 6) is 0.281. The quantitative estimate of drug-likeness (QED) is 0.772. The molecule has 0 radical (unpaired) electrons. The molecule has 1 aromatic carbocycles. The Morgan fingerprint density at radius 3 is 2.62 bits per heavy atom. The fraction of sp³-hybridized carbons (Fsp3) is 0.154. The maximum absolute atomic E-state index is 9.15. The van der Waals surface area contributed by atoms with Crippen molar-refractivity contribution in [3.63, 3.8) is 0 Å². The van der Waals surface area contributed by atoms with Gasteiger partial charge >= 0.3 is 0 Å². The van der Waals surface area contributed by atoms with Crippen molar-refractivity contribution in [2.24, 2.45) is 0 Å². The fourth-order valence-electron chi connectivity index (χ4n) is 1.46. The van der Waals surface area contributed by atoms with E-state index in [2.05, 4.69) is 17.2 Å². The van der Waals surface area contributed by atoms with Crippen molar-refractivity contribution >= 4 is 5.69 Å². The summed E-state index contributed by atoms with van der Waals surface area (Å²) in [4.78, 5) is 4.09. The van der Waals surface area contributed by atoms with E-state index in [-0.39, 0.29) is 5.75 Å². The smallest absolute Gasteiger partial charge is 0.115 e. The molecule has 0 aliphatic rings. The van der Waals surface area contributed by atoms with Gasteiger partial charge in [0.2, 0.25) is 0 Å². The Kier molecular flexibility index (Phi) is 3.05. The Morgan fingerprint density at radius 2 is 1.94 bits per heavy atom. The second kappa shape index (κ2) is 4.66. The van der Waals surface area contributed by atoms with Crippen LogP contribution in [0.15, 0.2) is 42.7 Å². The second-order valence-electron chi connectivity index (χ2n) is 3.70. The normalized spacial score (nSPS) is 10.1. The van der Waals surface area contributed by atoms with Crippen molar-refractivity contribution in [2.75, 3.05) is 5.32 Å². The van der Waals surface area contributed by atoms with Crippen LogP contribution >= 0.6 is 0 Å². The van der Waals surface area contributed by atoms with E-state index in [0.29, 0.717) is 0 Å². The van der Waals surface area contributed by atoms with E-state index in [4.69, 9.17) is 5.11 Å². The first-order valence-electron chi connectivity index (χ1n) is 5.18. The number of aromatic nitrogens is 1. The zero-order chi connectivity index (χ0) is 11.4. The third kappa shape index (κ3) is 2.51. The molecule has 0 aliphatic carbocycles. The van der Waals surface area contributed by atoms with Gasteiger partial charge in [-0.25, -0.2) is 0 Å². The molecule has 82 valence electrons. The van der Waals surface area contributed by atoms with Gasteiger partial charge < -0.3 is 10.4 Å². The van der Waals surface area contributed by atoms with Crippen molar-refractivity contribution in [1.29, 1.82) is 0 Å². The van der Waals surface area contributed by atoms with Crippen molar-refractivity contribution in [3.05, 3.63) is 53.9 Å². The number of nitrogens with one attached hydrogen (secondary N) is 1. The zero-order valence-electron chi connectivity index (χ0n) is 9.14. The van der Waals surface area contributed by atoms with Crippen LogP contribution < -0.4 is 5.32 Å². The van der Waals surface area contributed by atoms with Gasteiger partial charge in [0.15, 0.2) is 0 Å². The Balaban J connectivity index is 2.02. The molecule has 3 heteroatoms. The van der Waals surface area contributed by atoms with Gasteiger partial charge in [-0.2, -0.15) is 0 Å². The molecule has 1 aromatic heterocycles. The van der Waals surface area contributed by atoms with Crippen LogP contribution in [0.4, 0.5) is 5.69 Å². The Labute approximate surface area is 94.8 Å². The van der Waals surface area contributed by atoms with Crippen LogP contribution in [-0.4, -0.2) is 10.1 Å². The van der Waals surface area contributed by atoms with Gasteiger partial charge in [-0.05, 0) is 48.4 Å². The van der Waals surface area contributed by atoms with Crippen LogP contribution in [0.1, 0.15) is 11.1 Å². The lowest BCUT2D eigenvalue weighted by Gasteiger charge is -2.08. The minimum Gasteiger partial charge on any atom is -0.508 e. The number of rotatable bonds is 3. The monoisotopic (exact) mass is 214 g/mol. The SMILES string of the molecule is Cc1ccncc1CNc1ccc(O)cc1. The Hall–Kier alpha value is -2.03. The van der Waals surface area contributed by atoms with Crippen LogP contribution in [0.25, 0.3) is 0 Å². The maximum atomic E-state index is 9.15. The molecule has 3 nitrogen and oxygen atoms in total. The summed E-state index contributed by atoms with van der Waals surface area (Å²) >= 11 is 0. The topological polar surface area (TPSA) is 45.2 Å². The summed E-state index contributed by atoms with van der Waals surface area (Å²) in [6.07, 6.45) is 3.65. The molecular weight excluding hydrogens is 200 g/mol. The summed E-state index contributed by atoms with van der Waals surface area (Å²) in [6.45, 7) is 2.81. The zero-order valence-corrected chi connectivity index (χ0v) is 9.14. The first kappa shape index (κ1) is 10.5. The van der Waals surface area contributed by atoms with Gasteiger partial charge in [-0.15, -0.1) is 0 Å². The lowest BCUT2D eigenvalue weighted by atomic mass is 10.1. The van der Waals surface area contributed by atoms with Gasteiger partial charge in [-0.3, -0.25) is 4.98 Å². The Morgan fingerprint density at radius 1 is 1.19 bits per heavy atom. The minimum absolute atomic E-state index is 0.281. The highest BCUT2D eigenvalue weighted by molar-refractivity contribution is 5.46. The van der Waals surface area contributed by atoms with E-state index in [1.807, 2.05) is 24.4 Å². The minimum atomic E-state index is 0.281. The summed E-state index contributed by atoms with van der Waals surface area (Å²) in [5.41, 5.74) is 3.39. The van der Waals surface area contributed by atoms with Gasteiger partial charge in [0.1, 0.15) is 5.75 Å². The van der Waals surface area contributed by atoms with Gasteiger partial charge in [0, 0.05) is 24.6 Å². The molecule has 0 saturated heterocycles. The average Bonchev–Trinajstić information content (AvgIpc) is 2.30. The van der Waals surface area contributed by atoms with Crippen LogP contribution in [0.5, 0.6) is 5.75 Å². The molecule has 0 bridgehead atoms. The molecule has 0 saturated carbocycles. The molecule has 2 N–H and O–H groups in total. The fourth-order valence-corrected chi connectivity index (χ4v) is 1.46. The predicted octanol–water partition coefficient (Wildman–Crippen LogP) is 2.71. The number of phenols is 1. The number of aryl methyl sites for hydroxylation is 1. The average molecular weight is 214 g/mol. The number of hydrogen-bond donors (Lipinski definition) is 2. The van der Waals surface area contributed by atoms with E-state index < -0.39 is 0 Å². The summed E-state index contributed by atoms with van der Waals surface area (Å²) in [5, 5.41) is 12.4. The number of hydrogen-bond acceptors (Lipinski definition) is 3. The van der Waals surface area contributed by atoms with Crippen molar-refractivity contribution in [1.82, 2.24) is 4.98 Å². The van der Waals surface area contributed by atoms with Crippen LogP contribution in [0.3, 0.4) is 0 Å².